The van der Waals surface area contributed by atoms with Crippen LogP contribution >= 0.6 is 11.8 Å². The molecule has 1 amide bonds. The fourth-order valence-electron chi connectivity index (χ4n) is 1.84. The second-order valence-electron chi connectivity index (χ2n) is 4.18. The maximum absolute atomic E-state index is 11.8. The van der Waals surface area contributed by atoms with Crippen LogP contribution in [0.3, 0.4) is 0 Å². The van der Waals surface area contributed by atoms with Crippen LogP contribution in [-0.4, -0.2) is 47.6 Å². The van der Waals surface area contributed by atoms with Gasteiger partial charge in [0.25, 0.3) is 0 Å². The van der Waals surface area contributed by atoms with Gasteiger partial charge in [0.05, 0.1) is 6.04 Å². The minimum Gasteiger partial charge on any atom is -0.480 e. The number of carbonyl (C=O) groups is 2. The third-order valence-corrected chi connectivity index (χ3v) is 3.50. The number of carboxylic acids is 1. The van der Waals surface area contributed by atoms with Crippen molar-refractivity contribution in [3.8, 4) is 0 Å². The van der Waals surface area contributed by atoms with Gasteiger partial charge >= 0.3 is 5.97 Å². The number of piperidine rings is 1. The molecule has 1 aliphatic rings. The predicted molar refractivity (Wildman–Crippen MR) is 68.2 cm³/mol. The zero-order valence-electron chi connectivity index (χ0n) is 10.1. The highest BCUT2D eigenvalue weighted by atomic mass is 32.2. The van der Waals surface area contributed by atoms with Gasteiger partial charge in [0, 0.05) is 0 Å². The van der Waals surface area contributed by atoms with Crippen LogP contribution < -0.4 is 10.6 Å². The zero-order valence-corrected chi connectivity index (χ0v) is 10.9. The molecule has 98 valence electrons. The van der Waals surface area contributed by atoms with E-state index in [0.717, 1.165) is 31.6 Å². The van der Waals surface area contributed by atoms with Gasteiger partial charge < -0.3 is 15.7 Å². The SMILES string of the molecule is CSCC[C@H](NC(=O)[C@@H]1CCCCN1)C(=O)O. The van der Waals surface area contributed by atoms with Crippen molar-refractivity contribution < 1.29 is 14.7 Å². The number of aliphatic carboxylic acids is 1. The van der Waals surface area contributed by atoms with Crippen LogP contribution in [0.25, 0.3) is 0 Å². The van der Waals surface area contributed by atoms with Crippen LogP contribution in [0.5, 0.6) is 0 Å². The molecule has 0 unspecified atom stereocenters. The second kappa shape index (κ2) is 7.55. The summed E-state index contributed by atoms with van der Waals surface area (Å²) in [5, 5.41) is 14.7. The number of hydrogen-bond donors (Lipinski definition) is 3. The van der Waals surface area contributed by atoms with Gasteiger partial charge in [-0.05, 0) is 37.8 Å². The molecule has 1 aliphatic heterocycles. The smallest absolute Gasteiger partial charge is 0.326 e. The van der Waals surface area contributed by atoms with E-state index in [1.165, 1.54) is 0 Å². The summed E-state index contributed by atoms with van der Waals surface area (Å²) in [6, 6.07) is -0.987. The number of hydrogen-bond acceptors (Lipinski definition) is 4. The first-order chi connectivity index (χ1) is 8.15. The largest absolute Gasteiger partial charge is 0.480 e. The van der Waals surface area contributed by atoms with Crippen molar-refractivity contribution in [1.82, 2.24) is 10.6 Å². The van der Waals surface area contributed by atoms with Gasteiger partial charge in [-0.25, -0.2) is 4.79 Å². The van der Waals surface area contributed by atoms with Crippen LogP contribution in [0.15, 0.2) is 0 Å². The summed E-state index contributed by atoms with van der Waals surface area (Å²) in [7, 11) is 0. The normalized spacial score (nSPS) is 21.8. The van der Waals surface area contributed by atoms with Gasteiger partial charge in [0.2, 0.25) is 5.91 Å². The number of nitrogens with one attached hydrogen (secondary N) is 2. The quantitative estimate of drug-likeness (QED) is 0.646. The van der Waals surface area contributed by atoms with Gasteiger partial charge in [-0.15, -0.1) is 0 Å². The molecule has 1 fully saturated rings. The van der Waals surface area contributed by atoms with E-state index < -0.39 is 12.0 Å². The third kappa shape index (κ3) is 4.95. The van der Waals surface area contributed by atoms with Crippen molar-refractivity contribution in [3.05, 3.63) is 0 Å². The van der Waals surface area contributed by atoms with Crippen molar-refractivity contribution in [2.24, 2.45) is 0 Å². The first-order valence-corrected chi connectivity index (χ1v) is 7.30. The Morgan fingerprint density at radius 3 is 2.82 bits per heavy atom. The molecule has 1 rings (SSSR count). The molecule has 6 heteroatoms. The highest BCUT2D eigenvalue weighted by Crippen LogP contribution is 2.08. The maximum Gasteiger partial charge on any atom is 0.326 e. The summed E-state index contributed by atoms with van der Waals surface area (Å²) in [4.78, 5) is 22.8. The molecule has 1 saturated heterocycles. The molecule has 0 aromatic heterocycles. The lowest BCUT2D eigenvalue weighted by atomic mass is 10.0. The Morgan fingerprint density at radius 1 is 1.53 bits per heavy atom. The third-order valence-electron chi connectivity index (χ3n) is 2.85. The molecular weight excluding hydrogens is 240 g/mol. The van der Waals surface area contributed by atoms with Gasteiger partial charge in [0.1, 0.15) is 6.04 Å². The molecule has 0 aromatic carbocycles. The van der Waals surface area contributed by atoms with Crippen molar-refractivity contribution >= 4 is 23.6 Å². The second-order valence-corrected chi connectivity index (χ2v) is 5.17. The van der Waals surface area contributed by atoms with E-state index in [1.807, 2.05) is 6.26 Å². The summed E-state index contributed by atoms with van der Waals surface area (Å²) in [6.45, 7) is 0.834. The molecule has 0 bridgehead atoms. The molecule has 0 spiro atoms. The molecule has 0 radical (unpaired) electrons. The summed E-state index contributed by atoms with van der Waals surface area (Å²) in [5.74, 6) is -0.406. The minimum absolute atomic E-state index is 0.182. The molecule has 0 aliphatic carbocycles. The zero-order chi connectivity index (χ0) is 12.7. The van der Waals surface area contributed by atoms with E-state index in [-0.39, 0.29) is 11.9 Å². The van der Waals surface area contributed by atoms with Crippen molar-refractivity contribution in [2.45, 2.75) is 37.8 Å². The van der Waals surface area contributed by atoms with E-state index in [2.05, 4.69) is 10.6 Å². The summed E-state index contributed by atoms with van der Waals surface area (Å²) >= 11 is 1.58. The Balaban J connectivity index is 2.42. The monoisotopic (exact) mass is 260 g/mol. The molecule has 5 nitrogen and oxygen atoms in total. The minimum atomic E-state index is -0.955. The fourth-order valence-corrected chi connectivity index (χ4v) is 2.31. The van der Waals surface area contributed by atoms with E-state index in [0.29, 0.717) is 6.42 Å². The van der Waals surface area contributed by atoms with Gasteiger partial charge in [0.15, 0.2) is 0 Å². The summed E-state index contributed by atoms with van der Waals surface area (Å²) in [5.41, 5.74) is 0. The Labute approximate surface area is 106 Å². The molecule has 0 saturated carbocycles. The van der Waals surface area contributed by atoms with E-state index in [1.54, 1.807) is 11.8 Å². The molecule has 17 heavy (non-hydrogen) atoms. The number of carbonyl (C=O) groups excluding carboxylic acids is 1. The van der Waals surface area contributed by atoms with Crippen LogP contribution in [0.4, 0.5) is 0 Å². The number of thioether (sulfide) groups is 1. The van der Waals surface area contributed by atoms with E-state index in [9.17, 15) is 9.59 Å². The fraction of sp³-hybridized carbons (Fsp3) is 0.818. The van der Waals surface area contributed by atoms with E-state index in [4.69, 9.17) is 5.11 Å². The van der Waals surface area contributed by atoms with Crippen LogP contribution in [-0.2, 0) is 9.59 Å². The van der Waals surface area contributed by atoms with Gasteiger partial charge in [-0.1, -0.05) is 6.42 Å². The number of amides is 1. The predicted octanol–water partition coefficient (Wildman–Crippen LogP) is 0.451. The maximum atomic E-state index is 11.8. The average molecular weight is 260 g/mol. The van der Waals surface area contributed by atoms with Crippen molar-refractivity contribution in [1.29, 1.82) is 0 Å². The average Bonchev–Trinajstić information content (AvgIpc) is 2.35. The van der Waals surface area contributed by atoms with Gasteiger partial charge in [-0.2, -0.15) is 11.8 Å². The Morgan fingerprint density at radius 2 is 2.29 bits per heavy atom. The highest BCUT2D eigenvalue weighted by molar-refractivity contribution is 7.98. The lowest BCUT2D eigenvalue weighted by Crippen LogP contribution is -2.51. The van der Waals surface area contributed by atoms with E-state index >= 15 is 0 Å². The topological polar surface area (TPSA) is 78.4 Å². The van der Waals surface area contributed by atoms with Crippen molar-refractivity contribution in [2.75, 3.05) is 18.6 Å². The molecule has 1 heterocycles. The molecular formula is C11H20N2O3S. The first kappa shape index (κ1) is 14.3. The van der Waals surface area contributed by atoms with Gasteiger partial charge in [-0.3, -0.25) is 4.79 Å². The molecule has 2 atom stereocenters. The Kier molecular flexibility index (Phi) is 6.36. The summed E-state index contributed by atoms with van der Waals surface area (Å²) in [6.07, 6.45) is 5.28. The lowest BCUT2D eigenvalue weighted by Gasteiger charge is -2.24. The number of rotatable bonds is 6. The Hall–Kier alpha value is -0.750. The first-order valence-electron chi connectivity index (χ1n) is 5.90. The Bertz CT molecular complexity index is 267. The highest BCUT2D eigenvalue weighted by Gasteiger charge is 2.25. The van der Waals surface area contributed by atoms with Crippen molar-refractivity contribution in [3.63, 3.8) is 0 Å². The lowest BCUT2D eigenvalue weighted by molar-refractivity contribution is -0.142. The molecule has 3 N–H and O–H groups in total. The standard InChI is InChI=1S/C11H20N2O3S/c1-17-7-5-9(11(15)16)13-10(14)8-4-2-3-6-12-8/h8-9,12H,2-7H2,1H3,(H,13,14)(H,15,16)/t8-,9-/m0/s1. The number of carboxylic acid groups (broad SMARTS) is 1. The van der Waals surface area contributed by atoms with Crippen LogP contribution in [0.2, 0.25) is 0 Å². The molecule has 0 aromatic rings. The van der Waals surface area contributed by atoms with Crippen LogP contribution in [0, 0.1) is 0 Å². The summed E-state index contributed by atoms with van der Waals surface area (Å²) < 4.78 is 0. The van der Waals surface area contributed by atoms with Crippen LogP contribution in [0.1, 0.15) is 25.7 Å².